The molecule has 0 saturated heterocycles. The number of pyridine rings is 1. The van der Waals surface area contributed by atoms with Gasteiger partial charge in [0.2, 0.25) is 0 Å². The minimum Gasteiger partial charge on any atom is -0.306 e. The molecule has 0 aliphatic rings. The number of rotatable bonds is 1. The smallest absolute Gasteiger partial charge is 0.306 e. The fourth-order valence-electron chi connectivity index (χ4n) is 0.931. The number of hydrogen-bond acceptors (Lipinski definition) is 1. The lowest BCUT2D eigenvalue weighted by atomic mass is 10.3. The van der Waals surface area contributed by atoms with Crippen LogP contribution in [0.15, 0.2) is 23.1 Å². The highest BCUT2D eigenvalue weighted by Gasteiger charge is 2.28. The van der Waals surface area contributed by atoms with Crippen LogP contribution in [0.25, 0.3) is 0 Å². The molecule has 0 saturated carbocycles. The number of alkyl halides is 3. The summed E-state index contributed by atoms with van der Waals surface area (Å²) in [6.45, 7) is 4.67. The van der Waals surface area contributed by atoms with Crippen LogP contribution in [0.4, 0.5) is 13.2 Å². The monoisotopic (exact) mass is 235 g/mol. The Morgan fingerprint density at radius 1 is 1.31 bits per heavy atom. The molecule has 0 radical (unpaired) electrons. The molecular formula is C11H16F3NO. The standard InChI is InChI=1S/C8H8F3NO.C3H8/c1-6-2-3-12(7(13)4-6)5-8(9,10)11;1-3-2/h2-4H,5H2,1H3;3H2,1-2H3. The average molecular weight is 235 g/mol. The molecule has 5 heteroatoms. The summed E-state index contributed by atoms with van der Waals surface area (Å²) in [5.41, 5.74) is 0.0285. The van der Waals surface area contributed by atoms with Gasteiger partial charge in [0.25, 0.3) is 5.56 Å². The van der Waals surface area contributed by atoms with E-state index in [-0.39, 0.29) is 0 Å². The second-order valence-corrected chi connectivity index (χ2v) is 3.49. The molecule has 0 unspecified atom stereocenters. The van der Waals surface area contributed by atoms with Gasteiger partial charge in [-0.05, 0) is 18.6 Å². The molecule has 0 spiro atoms. The zero-order chi connectivity index (χ0) is 12.8. The van der Waals surface area contributed by atoms with Crippen molar-refractivity contribution in [3.05, 3.63) is 34.2 Å². The number of aryl methyl sites for hydroxylation is 1. The van der Waals surface area contributed by atoms with Crippen molar-refractivity contribution in [2.75, 3.05) is 0 Å². The molecule has 1 heterocycles. The fraction of sp³-hybridized carbons (Fsp3) is 0.545. The maximum atomic E-state index is 11.9. The minimum absolute atomic E-state index is 0.627. The lowest BCUT2D eigenvalue weighted by Crippen LogP contribution is -2.27. The molecule has 0 fully saturated rings. The van der Waals surface area contributed by atoms with E-state index in [9.17, 15) is 18.0 Å². The molecule has 0 atom stereocenters. The van der Waals surface area contributed by atoms with Gasteiger partial charge in [0.05, 0.1) is 0 Å². The second kappa shape index (κ2) is 6.35. The van der Waals surface area contributed by atoms with Gasteiger partial charge in [0.1, 0.15) is 6.54 Å². The van der Waals surface area contributed by atoms with Crippen LogP contribution < -0.4 is 5.56 Å². The van der Waals surface area contributed by atoms with E-state index in [0.29, 0.717) is 10.1 Å². The lowest BCUT2D eigenvalue weighted by Gasteiger charge is -2.08. The van der Waals surface area contributed by atoms with E-state index in [1.54, 1.807) is 6.92 Å². The SMILES string of the molecule is CCC.Cc1ccn(CC(F)(F)F)c(=O)c1. The Morgan fingerprint density at radius 3 is 2.19 bits per heavy atom. The van der Waals surface area contributed by atoms with E-state index in [1.165, 1.54) is 18.6 Å². The van der Waals surface area contributed by atoms with Crippen molar-refractivity contribution < 1.29 is 13.2 Å². The van der Waals surface area contributed by atoms with Crippen molar-refractivity contribution in [2.24, 2.45) is 0 Å². The van der Waals surface area contributed by atoms with Crippen molar-refractivity contribution in [3.63, 3.8) is 0 Å². The highest BCUT2D eigenvalue weighted by molar-refractivity contribution is 5.08. The van der Waals surface area contributed by atoms with Crippen molar-refractivity contribution in [2.45, 2.75) is 39.9 Å². The van der Waals surface area contributed by atoms with E-state index in [0.717, 1.165) is 6.20 Å². The Balaban J connectivity index is 0.000000673. The normalized spacial score (nSPS) is 10.6. The highest BCUT2D eigenvalue weighted by Crippen LogP contribution is 2.16. The molecule has 0 bridgehead atoms. The number of nitrogens with zero attached hydrogens (tertiary/aromatic N) is 1. The van der Waals surface area contributed by atoms with Crippen molar-refractivity contribution in [3.8, 4) is 0 Å². The molecule has 0 aliphatic heterocycles. The van der Waals surface area contributed by atoms with Crippen LogP contribution in [0.1, 0.15) is 25.8 Å². The molecule has 92 valence electrons. The Hall–Kier alpha value is -1.26. The molecule has 1 aromatic heterocycles. The first-order valence-electron chi connectivity index (χ1n) is 5.04. The van der Waals surface area contributed by atoms with Crippen LogP contribution >= 0.6 is 0 Å². The van der Waals surface area contributed by atoms with Gasteiger partial charge >= 0.3 is 6.18 Å². The van der Waals surface area contributed by atoms with Gasteiger partial charge in [-0.3, -0.25) is 4.79 Å². The number of hydrogen-bond donors (Lipinski definition) is 0. The fourth-order valence-corrected chi connectivity index (χ4v) is 0.931. The Bertz CT molecular complexity index is 368. The second-order valence-electron chi connectivity index (χ2n) is 3.49. The summed E-state index contributed by atoms with van der Waals surface area (Å²) in [4.78, 5) is 11.0. The Kier molecular flexibility index (Phi) is 5.85. The van der Waals surface area contributed by atoms with Crippen LogP contribution in [0.2, 0.25) is 0 Å². The van der Waals surface area contributed by atoms with Crippen LogP contribution in [0.5, 0.6) is 0 Å². The van der Waals surface area contributed by atoms with Crippen LogP contribution in [0.3, 0.4) is 0 Å². The van der Waals surface area contributed by atoms with Gasteiger partial charge in [-0.1, -0.05) is 20.3 Å². The topological polar surface area (TPSA) is 22.0 Å². The summed E-state index contributed by atoms with van der Waals surface area (Å²) >= 11 is 0. The quantitative estimate of drug-likeness (QED) is 0.733. The minimum atomic E-state index is -4.35. The van der Waals surface area contributed by atoms with E-state index >= 15 is 0 Å². The van der Waals surface area contributed by atoms with Crippen LogP contribution in [-0.2, 0) is 6.54 Å². The summed E-state index contributed by atoms with van der Waals surface area (Å²) in [7, 11) is 0. The molecule has 1 rings (SSSR count). The third-order valence-corrected chi connectivity index (χ3v) is 1.50. The molecule has 16 heavy (non-hydrogen) atoms. The first-order valence-corrected chi connectivity index (χ1v) is 5.04. The third-order valence-electron chi connectivity index (χ3n) is 1.50. The van der Waals surface area contributed by atoms with Gasteiger partial charge < -0.3 is 4.57 Å². The van der Waals surface area contributed by atoms with Gasteiger partial charge in [-0.15, -0.1) is 0 Å². The molecule has 0 aromatic carbocycles. The van der Waals surface area contributed by atoms with Gasteiger partial charge in [-0.25, -0.2) is 0 Å². The van der Waals surface area contributed by atoms with Gasteiger partial charge in [-0.2, -0.15) is 13.2 Å². The molecule has 2 nitrogen and oxygen atoms in total. The first kappa shape index (κ1) is 14.7. The highest BCUT2D eigenvalue weighted by atomic mass is 19.4. The zero-order valence-electron chi connectivity index (χ0n) is 9.64. The first-order chi connectivity index (χ1) is 7.30. The summed E-state index contributed by atoms with van der Waals surface area (Å²) < 4.78 is 36.2. The van der Waals surface area contributed by atoms with E-state index in [2.05, 4.69) is 13.8 Å². The van der Waals surface area contributed by atoms with Gasteiger partial charge in [0.15, 0.2) is 0 Å². The van der Waals surface area contributed by atoms with Crippen molar-refractivity contribution in [1.82, 2.24) is 4.57 Å². The lowest BCUT2D eigenvalue weighted by molar-refractivity contribution is -0.141. The zero-order valence-corrected chi connectivity index (χ0v) is 9.64. The molecular weight excluding hydrogens is 219 g/mol. The molecule has 0 amide bonds. The van der Waals surface area contributed by atoms with E-state index < -0.39 is 18.3 Å². The summed E-state index contributed by atoms with van der Waals surface area (Å²) in [5, 5.41) is 0. The van der Waals surface area contributed by atoms with Crippen LogP contribution in [0, 0.1) is 6.92 Å². The van der Waals surface area contributed by atoms with E-state index in [1.807, 2.05) is 0 Å². The number of halogens is 3. The largest absolute Gasteiger partial charge is 0.406 e. The maximum Gasteiger partial charge on any atom is 0.406 e. The third kappa shape index (κ3) is 6.27. The predicted octanol–water partition coefficient (Wildman–Crippen LogP) is 3.14. The Labute approximate surface area is 92.7 Å². The summed E-state index contributed by atoms with van der Waals surface area (Å²) in [6, 6.07) is 2.64. The Morgan fingerprint density at radius 2 is 1.81 bits per heavy atom. The molecule has 1 aromatic rings. The summed E-state index contributed by atoms with van der Waals surface area (Å²) in [5.74, 6) is 0. The van der Waals surface area contributed by atoms with Crippen LogP contribution in [-0.4, -0.2) is 10.7 Å². The molecule has 0 N–H and O–H groups in total. The van der Waals surface area contributed by atoms with Crippen molar-refractivity contribution >= 4 is 0 Å². The van der Waals surface area contributed by atoms with E-state index in [4.69, 9.17) is 0 Å². The summed E-state index contributed by atoms with van der Waals surface area (Å²) in [6.07, 6.45) is -1.95. The van der Waals surface area contributed by atoms with Gasteiger partial charge in [0, 0.05) is 12.3 Å². The maximum absolute atomic E-state index is 11.9. The average Bonchev–Trinajstić information content (AvgIpc) is 2.09. The van der Waals surface area contributed by atoms with Crippen molar-refractivity contribution in [1.29, 1.82) is 0 Å². The number of aromatic nitrogens is 1. The predicted molar refractivity (Wildman–Crippen MR) is 57.5 cm³/mol. The molecule has 0 aliphatic carbocycles.